The molecule has 1 saturated carbocycles. The first-order valence-corrected chi connectivity index (χ1v) is 14.4. The maximum absolute atomic E-state index is 13.0. The number of amides is 1. The van der Waals surface area contributed by atoms with Gasteiger partial charge in [-0.2, -0.15) is 18.3 Å². The van der Waals surface area contributed by atoms with E-state index >= 15 is 0 Å². The number of rotatable bonds is 5. The van der Waals surface area contributed by atoms with Crippen LogP contribution in [0.1, 0.15) is 34.7 Å². The fraction of sp³-hybridized carbons (Fsp3) is 0.312. The van der Waals surface area contributed by atoms with Gasteiger partial charge in [0.25, 0.3) is 0 Å². The average molecular weight is 621 g/mol. The summed E-state index contributed by atoms with van der Waals surface area (Å²) in [5, 5.41) is 19.0. The molecule has 4 heterocycles. The first-order valence-electron chi connectivity index (χ1n) is 14.4. The molecular weight excluding hydrogens is 589 g/mol. The van der Waals surface area contributed by atoms with Gasteiger partial charge in [-0.15, -0.1) is 0 Å². The van der Waals surface area contributed by atoms with Crippen molar-refractivity contribution in [1.29, 1.82) is 0 Å². The van der Waals surface area contributed by atoms with Gasteiger partial charge in [0.2, 0.25) is 5.91 Å². The van der Waals surface area contributed by atoms with Gasteiger partial charge in [-0.3, -0.25) is 9.89 Å². The molecule has 2 fully saturated rings. The number of H-pyrrole nitrogens is 1. The number of anilines is 2. The van der Waals surface area contributed by atoms with Crippen LogP contribution in [-0.2, 0) is 15.0 Å². The molecule has 10 nitrogen and oxygen atoms in total. The van der Waals surface area contributed by atoms with Crippen molar-refractivity contribution in [3.63, 3.8) is 0 Å². The van der Waals surface area contributed by atoms with E-state index in [2.05, 4.69) is 67.7 Å². The monoisotopic (exact) mass is 620 g/mol. The molecule has 4 aromatic rings. The fourth-order valence-corrected chi connectivity index (χ4v) is 5.99. The number of methoxy groups -OCH3 is 1. The molecule has 0 bridgehead atoms. The smallest absolute Gasteiger partial charge is 0.490 e. The number of carboxylic acid groups (broad SMARTS) is 1. The minimum absolute atomic E-state index is 0.0753. The van der Waals surface area contributed by atoms with Crippen molar-refractivity contribution in [1.82, 2.24) is 20.1 Å². The van der Waals surface area contributed by atoms with Crippen molar-refractivity contribution in [2.45, 2.75) is 23.9 Å². The Morgan fingerprint density at radius 3 is 2.51 bits per heavy atom. The molecule has 2 aromatic heterocycles. The van der Waals surface area contributed by atoms with Crippen molar-refractivity contribution in [2.75, 3.05) is 50.6 Å². The third-order valence-electron chi connectivity index (χ3n) is 8.61. The van der Waals surface area contributed by atoms with Gasteiger partial charge < -0.3 is 25.0 Å². The lowest BCUT2D eigenvalue weighted by Crippen LogP contribution is -2.44. The first-order chi connectivity index (χ1) is 21.5. The van der Waals surface area contributed by atoms with E-state index in [0.29, 0.717) is 0 Å². The highest BCUT2D eigenvalue weighted by atomic mass is 19.4. The third kappa shape index (κ3) is 5.82. The number of pyridine rings is 1. The number of carbonyl (C=O) groups excluding carboxylic acids is 1. The molecule has 234 valence electrons. The number of benzene rings is 2. The van der Waals surface area contributed by atoms with Crippen molar-refractivity contribution < 1.29 is 32.6 Å². The molecule has 7 rings (SSSR count). The molecule has 3 N–H and O–H groups in total. The molecule has 2 aromatic carbocycles. The largest absolute Gasteiger partial charge is 0.497 e. The number of likely N-dealkylation sites (N-methyl/N-ethyl adjacent to an activating group) is 1. The summed E-state index contributed by atoms with van der Waals surface area (Å²) in [6.07, 6.45) is 1.70. The molecule has 45 heavy (non-hydrogen) atoms. The van der Waals surface area contributed by atoms with Gasteiger partial charge in [0, 0.05) is 49.4 Å². The number of ether oxygens (including phenoxy) is 1. The summed E-state index contributed by atoms with van der Waals surface area (Å²) < 4.78 is 37.2. The SMILES string of the molecule is COc1ccc2c(c1)[C@]1(C[C@H]1c1ccc3c(C=Cc4ccc(N5CCN(C)CC5)nc4)n[nH]c3c1)C(=O)N2.O=C(O)C(F)(F)F. The van der Waals surface area contributed by atoms with E-state index in [1.165, 1.54) is 0 Å². The van der Waals surface area contributed by atoms with Crippen LogP contribution in [0.3, 0.4) is 0 Å². The van der Waals surface area contributed by atoms with Crippen molar-refractivity contribution in [3.8, 4) is 5.75 Å². The maximum Gasteiger partial charge on any atom is 0.490 e. The van der Waals surface area contributed by atoms with Crippen LogP contribution in [-0.4, -0.2) is 83.6 Å². The highest BCUT2D eigenvalue weighted by Crippen LogP contribution is 2.65. The Labute approximate surface area is 256 Å². The Morgan fingerprint density at radius 1 is 1.09 bits per heavy atom. The summed E-state index contributed by atoms with van der Waals surface area (Å²) in [6, 6.07) is 16.4. The number of halogens is 3. The number of piperazine rings is 1. The second-order valence-electron chi connectivity index (χ2n) is 11.4. The maximum atomic E-state index is 13.0. The van der Waals surface area contributed by atoms with Gasteiger partial charge in [0.15, 0.2) is 0 Å². The number of aromatic amines is 1. The molecule has 1 saturated heterocycles. The summed E-state index contributed by atoms with van der Waals surface area (Å²) in [5.74, 6) is -0.746. The van der Waals surface area contributed by atoms with E-state index in [4.69, 9.17) is 14.6 Å². The number of nitrogens with zero attached hydrogens (tertiary/aromatic N) is 4. The standard InChI is InChI=1S/C30H30N6O2.C2HF3O2/c1-35-11-13-36(14-12-35)28-10-4-19(18-31-28)3-8-25-22-7-5-20(15-27(22)34-33-25)24-17-30(24)23-16-21(38-2)6-9-26(23)32-29(30)37;3-2(4,5)1(6)7/h3-10,15-16,18,24H,11-14,17H2,1-2H3,(H,32,37)(H,33,34);(H,6,7)/t24-,30-;/m0./s1. The molecule has 2 atom stereocenters. The highest BCUT2D eigenvalue weighted by Gasteiger charge is 2.65. The van der Waals surface area contributed by atoms with Crippen LogP contribution in [0, 0.1) is 0 Å². The van der Waals surface area contributed by atoms with Gasteiger partial charge in [-0.05, 0) is 72.6 Å². The molecule has 0 radical (unpaired) electrons. The number of carbonyl (C=O) groups is 2. The summed E-state index contributed by atoms with van der Waals surface area (Å²) >= 11 is 0. The number of nitrogens with one attached hydrogen (secondary N) is 2. The first kappa shape index (κ1) is 30.1. The van der Waals surface area contributed by atoms with Crippen LogP contribution in [0.15, 0.2) is 54.7 Å². The van der Waals surface area contributed by atoms with E-state index in [1.807, 2.05) is 36.5 Å². The number of carboxylic acids is 1. The Kier molecular flexibility index (Phi) is 7.73. The normalized spacial score (nSPS) is 21.0. The van der Waals surface area contributed by atoms with Crippen LogP contribution in [0.25, 0.3) is 23.1 Å². The van der Waals surface area contributed by atoms with Gasteiger partial charge >= 0.3 is 12.1 Å². The fourth-order valence-electron chi connectivity index (χ4n) is 5.99. The number of hydrogen-bond donors (Lipinski definition) is 3. The minimum Gasteiger partial charge on any atom is -0.497 e. The van der Waals surface area contributed by atoms with Crippen LogP contribution in [0.2, 0.25) is 0 Å². The molecule has 2 aliphatic heterocycles. The summed E-state index contributed by atoms with van der Waals surface area (Å²) in [6.45, 7) is 4.14. The predicted octanol–water partition coefficient (Wildman–Crippen LogP) is 4.90. The number of fused-ring (bicyclic) bond motifs is 3. The second-order valence-corrected chi connectivity index (χ2v) is 11.4. The molecule has 3 aliphatic rings. The van der Waals surface area contributed by atoms with E-state index in [0.717, 1.165) is 83.1 Å². The number of alkyl halides is 3. The van der Waals surface area contributed by atoms with E-state index in [-0.39, 0.29) is 11.8 Å². The van der Waals surface area contributed by atoms with Crippen molar-refractivity contribution in [3.05, 3.63) is 77.1 Å². The minimum atomic E-state index is -5.08. The van der Waals surface area contributed by atoms with Gasteiger partial charge in [0.1, 0.15) is 11.6 Å². The highest BCUT2D eigenvalue weighted by molar-refractivity contribution is 6.10. The van der Waals surface area contributed by atoms with E-state index < -0.39 is 17.6 Å². The molecule has 1 spiro atoms. The number of aromatic nitrogens is 3. The lowest BCUT2D eigenvalue weighted by Gasteiger charge is -2.33. The summed E-state index contributed by atoms with van der Waals surface area (Å²) in [5.41, 5.74) is 5.45. The quantitative estimate of drug-likeness (QED) is 0.288. The van der Waals surface area contributed by atoms with E-state index in [1.54, 1.807) is 7.11 Å². The van der Waals surface area contributed by atoms with Gasteiger partial charge in [0.05, 0.1) is 23.7 Å². The summed E-state index contributed by atoms with van der Waals surface area (Å²) in [7, 11) is 3.81. The molecule has 13 heteroatoms. The summed E-state index contributed by atoms with van der Waals surface area (Å²) in [4.78, 5) is 31.3. The van der Waals surface area contributed by atoms with Crippen molar-refractivity contribution >= 4 is 46.4 Å². The van der Waals surface area contributed by atoms with Crippen molar-refractivity contribution in [2.24, 2.45) is 0 Å². The molecule has 1 amide bonds. The zero-order valence-corrected chi connectivity index (χ0v) is 24.6. The van der Waals surface area contributed by atoms with Crippen LogP contribution in [0.5, 0.6) is 5.75 Å². The topological polar surface area (TPSA) is 124 Å². The zero-order valence-electron chi connectivity index (χ0n) is 24.6. The zero-order chi connectivity index (χ0) is 31.9. The second kappa shape index (κ2) is 11.5. The van der Waals surface area contributed by atoms with Crippen LogP contribution in [0.4, 0.5) is 24.7 Å². The number of aliphatic carboxylic acids is 1. The molecular formula is C32H31F3N6O4. The Balaban J connectivity index is 0.000000460. The third-order valence-corrected chi connectivity index (χ3v) is 8.61. The average Bonchev–Trinajstić information content (AvgIpc) is 3.57. The van der Waals surface area contributed by atoms with Crippen LogP contribution >= 0.6 is 0 Å². The molecule has 1 aliphatic carbocycles. The Bertz CT molecular complexity index is 1780. The Morgan fingerprint density at radius 2 is 1.84 bits per heavy atom. The lowest BCUT2D eigenvalue weighted by molar-refractivity contribution is -0.192. The van der Waals surface area contributed by atoms with Gasteiger partial charge in [-0.1, -0.05) is 18.2 Å². The van der Waals surface area contributed by atoms with Crippen LogP contribution < -0.4 is 15.0 Å². The number of hydrogen-bond acceptors (Lipinski definition) is 7. The van der Waals surface area contributed by atoms with E-state index in [9.17, 15) is 18.0 Å². The van der Waals surface area contributed by atoms with Gasteiger partial charge in [-0.25, -0.2) is 9.78 Å². The Hall–Kier alpha value is -4.91. The molecule has 0 unspecified atom stereocenters. The lowest BCUT2D eigenvalue weighted by atomic mass is 9.91. The predicted molar refractivity (Wildman–Crippen MR) is 163 cm³/mol.